The van der Waals surface area contributed by atoms with E-state index in [0.717, 1.165) is 24.0 Å². The van der Waals surface area contributed by atoms with Gasteiger partial charge in [0.2, 0.25) is 5.91 Å². The third-order valence-corrected chi connectivity index (χ3v) is 6.65. The number of methoxy groups -OCH3 is 1. The van der Waals surface area contributed by atoms with Crippen molar-refractivity contribution < 1.29 is 33.6 Å². The van der Waals surface area contributed by atoms with Gasteiger partial charge in [-0.2, -0.15) is 0 Å². The van der Waals surface area contributed by atoms with Crippen LogP contribution in [0.3, 0.4) is 0 Å². The molecule has 2 rings (SSSR count). The van der Waals surface area contributed by atoms with E-state index >= 15 is 0 Å². The molecule has 0 unspecified atom stereocenters. The highest BCUT2D eigenvalue weighted by Crippen LogP contribution is 2.35. The molecule has 2 aliphatic rings. The van der Waals surface area contributed by atoms with Gasteiger partial charge in [-0.05, 0) is 52.0 Å². The molecular formula is C28H43NO7. The van der Waals surface area contributed by atoms with E-state index in [9.17, 15) is 14.7 Å². The summed E-state index contributed by atoms with van der Waals surface area (Å²) in [7, 11) is 1.58. The van der Waals surface area contributed by atoms with Crippen LogP contribution in [0.4, 0.5) is 0 Å². The molecule has 0 aromatic rings. The Bertz CT molecular complexity index is 877. The van der Waals surface area contributed by atoms with Gasteiger partial charge in [-0.25, -0.2) is 0 Å². The molecule has 0 aromatic heterocycles. The van der Waals surface area contributed by atoms with E-state index in [0.29, 0.717) is 6.42 Å². The molecule has 2 saturated heterocycles. The highest BCUT2D eigenvalue weighted by atomic mass is 16.7. The first-order chi connectivity index (χ1) is 16.8. The first-order valence-corrected chi connectivity index (χ1v) is 12.6. The fraction of sp³-hybridized carbons (Fsp3) is 0.643. The van der Waals surface area contributed by atoms with Crippen molar-refractivity contribution in [1.82, 2.24) is 5.32 Å². The second-order valence-electron chi connectivity index (χ2n) is 10.1. The molecule has 8 nitrogen and oxygen atoms in total. The fourth-order valence-corrected chi connectivity index (χ4v) is 4.51. The average Bonchev–Trinajstić information content (AvgIpc) is 2.79. The molecule has 2 heterocycles. The second kappa shape index (κ2) is 13.3. The summed E-state index contributed by atoms with van der Waals surface area (Å²) in [5.41, 5.74) is 1.77. The number of esters is 1. The number of carbonyl (C=O) groups is 2. The van der Waals surface area contributed by atoms with Crippen LogP contribution in [0.5, 0.6) is 0 Å². The van der Waals surface area contributed by atoms with Gasteiger partial charge in [0.25, 0.3) is 0 Å². The second-order valence-corrected chi connectivity index (χ2v) is 10.1. The summed E-state index contributed by atoms with van der Waals surface area (Å²) in [5, 5.41) is 12.3. The van der Waals surface area contributed by atoms with Gasteiger partial charge in [0.1, 0.15) is 6.10 Å². The maximum atomic E-state index is 12.1. The summed E-state index contributed by atoms with van der Waals surface area (Å²) >= 11 is 0. The predicted octanol–water partition coefficient (Wildman–Crippen LogP) is 3.75. The average molecular weight is 506 g/mol. The summed E-state index contributed by atoms with van der Waals surface area (Å²) in [5.74, 6) is -1.20. The third kappa shape index (κ3) is 9.00. The summed E-state index contributed by atoms with van der Waals surface area (Å²) in [6.45, 7) is 15.0. The third-order valence-electron chi connectivity index (χ3n) is 6.65. The smallest absolute Gasteiger partial charge is 0.303 e. The lowest BCUT2D eigenvalue weighted by atomic mass is 9.88. The van der Waals surface area contributed by atoms with Crippen molar-refractivity contribution in [3.8, 4) is 0 Å². The minimum absolute atomic E-state index is 0.0285. The first-order valence-electron chi connectivity index (χ1n) is 12.6. The van der Waals surface area contributed by atoms with Crippen LogP contribution in [0.1, 0.15) is 60.8 Å². The Labute approximate surface area is 215 Å². The molecule has 202 valence electrons. The van der Waals surface area contributed by atoms with E-state index in [1.165, 1.54) is 19.1 Å². The van der Waals surface area contributed by atoms with Gasteiger partial charge < -0.3 is 29.4 Å². The zero-order valence-electron chi connectivity index (χ0n) is 22.7. The quantitative estimate of drug-likeness (QED) is 0.213. The number of nitrogens with one attached hydrogen (secondary N) is 1. The number of rotatable bonds is 9. The molecule has 0 spiro atoms. The van der Waals surface area contributed by atoms with Crippen LogP contribution < -0.4 is 5.32 Å². The highest BCUT2D eigenvalue weighted by molar-refractivity contribution is 5.87. The number of carbonyl (C=O) groups excluding carboxylic acids is 2. The Morgan fingerprint density at radius 1 is 1.31 bits per heavy atom. The number of hydrogen-bond acceptors (Lipinski definition) is 7. The monoisotopic (exact) mass is 505 g/mol. The summed E-state index contributed by atoms with van der Waals surface area (Å²) in [6.07, 6.45) is 8.88. The molecule has 0 radical (unpaired) electrons. The van der Waals surface area contributed by atoms with Gasteiger partial charge in [0.15, 0.2) is 11.9 Å². The number of aliphatic hydroxyl groups excluding tert-OH is 1. The van der Waals surface area contributed by atoms with Crippen LogP contribution in [0.15, 0.2) is 48.1 Å². The molecule has 0 saturated carbocycles. The molecule has 2 N–H and O–H groups in total. The summed E-state index contributed by atoms with van der Waals surface area (Å²) in [6, 6.07) is -0.0859. The molecule has 2 fully saturated rings. The molecule has 0 aromatic carbocycles. The van der Waals surface area contributed by atoms with Gasteiger partial charge in [-0.3, -0.25) is 9.59 Å². The van der Waals surface area contributed by atoms with Crippen molar-refractivity contribution in [1.29, 1.82) is 0 Å². The predicted molar refractivity (Wildman–Crippen MR) is 138 cm³/mol. The van der Waals surface area contributed by atoms with Crippen LogP contribution in [-0.4, -0.2) is 66.4 Å². The van der Waals surface area contributed by atoms with Crippen LogP contribution in [0, 0.1) is 5.92 Å². The normalized spacial score (nSPS) is 34.7. The molecule has 1 amide bonds. The molecular weight excluding hydrogens is 462 g/mol. The first kappa shape index (κ1) is 30.0. The van der Waals surface area contributed by atoms with E-state index in [-0.39, 0.29) is 36.0 Å². The van der Waals surface area contributed by atoms with Gasteiger partial charge >= 0.3 is 5.97 Å². The number of hydrogen-bond donors (Lipinski definition) is 2. The largest absolute Gasteiger partial charge is 0.455 e. The van der Waals surface area contributed by atoms with Gasteiger partial charge in [-0.15, -0.1) is 0 Å². The van der Waals surface area contributed by atoms with E-state index in [2.05, 4.69) is 24.9 Å². The lowest BCUT2D eigenvalue weighted by Crippen LogP contribution is -2.50. The van der Waals surface area contributed by atoms with Crippen molar-refractivity contribution in [2.75, 3.05) is 7.11 Å². The van der Waals surface area contributed by atoms with E-state index < -0.39 is 24.1 Å². The zero-order chi connectivity index (χ0) is 27.0. The van der Waals surface area contributed by atoms with Crippen molar-refractivity contribution in [3.63, 3.8) is 0 Å². The zero-order valence-corrected chi connectivity index (χ0v) is 22.7. The number of allylic oxidation sites excluding steroid dienone is 2. The molecule has 8 heteroatoms. The van der Waals surface area contributed by atoms with Crippen LogP contribution in [0.25, 0.3) is 0 Å². The number of ether oxygens (including phenoxy) is 4. The summed E-state index contributed by atoms with van der Waals surface area (Å²) in [4.78, 5) is 23.7. The van der Waals surface area contributed by atoms with E-state index in [4.69, 9.17) is 18.9 Å². The maximum Gasteiger partial charge on any atom is 0.303 e. The fourth-order valence-electron chi connectivity index (χ4n) is 4.51. The van der Waals surface area contributed by atoms with E-state index in [1.807, 2.05) is 32.9 Å². The maximum absolute atomic E-state index is 12.1. The van der Waals surface area contributed by atoms with Crippen LogP contribution >= 0.6 is 0 Å². The Morgan fingerprint density at radius 3 is 2.61 bits per heavy atom. The lowest BCUT2D eigenvalue weighted by molar-refractivity contribution is -0.255. The van der Waals surface area contributed by atoms with Gasteiger partial charge in [-0.1, -0.05) is 43.4 Å². The topological polar surface area (TPSA) is 103 Å². The number of aliphatic hydroxyl groups is 1. The Morgan fingerprint density at radius 2 is 2.00 bits per heavy atom. The van der Waals surface area contributed by atoms with Gasteiger partial charge in [0, 0.05) is 26.5 Å². The minimum atomic E-state index is -0.833. The Balaban J connectivity index is 1.99. The molecule has 8 atom stereocenters. The molecule has 0 aliphatic carbocycles. The lowest BCUT2D eigenvalue weighted by Gasteiger charge is -2.41. The van der Waals surface area contributed by atoms with Crippen molar-refractivity contribution >= 4 is 11.9 Å². The number of amides is 1. The molecule has 2 aliphatic heterocycles. The van der Waals surface area contributed by atoms with E-state index in [1.54, 1.807) is 14.0 Å². The van der Waals surface area contributed by atoms with Crippen LogP contribution in [0.2, 0.25) is 0 Å². The standard InChI is InChI=1S/C28H43NO7/c1-17(10-13-25-27(35-22(6)31)19(3)16-28(7,33-8)36-25)9-12-24-18(2)15-23(21(5)34-24)29-26(32)14-11-20(4)30/h9-11,13-14,18,20-21,23-25,27,30H,3,12,15-16H2,1-2,4-8H3,(H,29,32)/b13-10+,14-11-,17-9+/t18-,20-,21+,23+,24-,25+,27-,28-/m0/s1. The Kier molecular flexibility index (Phi) is 11.1. The van der Waals surface area contributed by atoms with Crippen LogP contribution in [-0.2, 0) is 28.5 Å². The van der Waals surface area contributed by atoms with Crippen molar-refractivity contribution in [2.45, 2.75) is 103 Å². The minimum Gasteiger partial charge on any atom is -0.455 e. The van der Waals surface area contributed by atoms with Gasteiger partial charge in [0.05, 0.1) is 24.4 Å². The summed E-state index contributed by atoms with van der Waals surface area (Å²) < 4.78 is 23.3. The Hall–Kier alpha value is -2.26. The SMILES string of the molecule is C=C1C[C@@](C)(OC)O[C@H](/C=C/C(C)=C/C[C@@H]2O[C@H](C)[C@H](NC(=O)/C=C\[C@H](C)O)C[C@@H]2C)[C@H]1OC(C)=O. The van der Waals surface area contributed by atoms with Crippen molar-refractivity contribution in [3.05, 3.63) is 48.1 Å². The highest BCUT2D eigenvalue weighted by Gasteiger charge is 2.41. The van der Waals surface area contributed by atoms with Crippen molar-refractivity contribution in [2.24, 2.45) is 5.92 Å². The molecule has 0 bridgehead atoms. The molecule has 36 heavy (non-hydrogen) atoms.